The van der Waals surface area contributed by atoms with E-state index < -0.39 is 0 Å². The fourth-order valence-corrected chi connectivity index (χ4v) is 1.57. The van der Waals surface area contributed by atoms with Crippen molar-refractivity contribution in [3.05, 3.63) is 0 Å². The molecule has 0 atom stereocenters. The number of carbonyl (C=O) groups excluding carboxylic acids is 1. The summed E-state index contributed by atoms with van der Waals surface area (Å²) in [5.74, 6) is 0.194. The van der Waals surface area contributed by atoms with Crippen LogP contribution in [0.2, 0.25) is 0 Å². The molecular weight excluding hydrogens is 178 g/mol. The van der Waals surface area contributed by atoms with Gasteiger partial charge in [-0.1, -0.05) is 0 Å². The second-order valence-corrected chi connectivity index (χ2v) is 3.53. The van der Waals surface area contributed by atoms with Gasteiger partial charge in [-0.05, 0) is 25.8 Å². The number of nitrogens with one attached hydrogen (secondary N) is 1. The normalized spacial score (nSPS) is 17.6. The Bertz CT molecular complexity index is 222. The lowest BCUT2D eigenvalue weighted by molar-refractivity contribution is -0.129. The molecule has 1 N–H and O–H groups in total. The minimum atomic E-state index is 0.194. The molecule has 0 aromatic rings. The van der Waals surface area contributed by atoms with Gasteiger partial charge in [0.2, 0.25) is 5.91 Å². The van der Waals surface area contributed by atoms with E-state index in [1.807, 2.05) is 4.90 Å². The number of unbranched alkanes of at least 4 members (excludes halogenated alkanes) is 2. The first kappa shape index (κ1) is 11.0. The summed E-state index contributed by atoms with van der Waals surface area (Å²) in [4.78, 5) is 13.4. The first-order valence-electron chi connectivity index (χ1n) is 5.20. The molecule has 14 heavy (non-hydrogen) atoms. The van der Waals surface area contributed by atoms with Gasteiger partial charge >= 0.3 is 0 Å². The Morgan fingerprint density at radius 3 is 3.14 bits per heavy atom. The molecule has 0 bridgehead atoms. The number of nitriles is 1. The fraction of sp³-hybridized carbons (Fsp3) is 0.800. The number of amides is 1. The van der Waals surface area contributed by atoms with E-state index in [1.165, 1.54) is 0 Å². The molecule has 0 aliphatic carbocycles. The van der Waals surface area contributed by atoms with Crippen molar-refractivity contribution in [3.63, 3.8) is 0 Å². The van der Waals surface area contributed by atoms with E-state index in [0.717, 1.165) is 38.9 Å². The molecule has 0 spiro atoms. The number of carbonyl (C=O) groups is 1. The molecule has 0 aromatic heterocycles. The molecule has 0 aromatic carbocycles. The minimum Gasteiger partial charge on any atom is -0.342 e. The van der Waals surface area contributed by atoms with Gasteiger partial charge in [0.15, 0.2) is 0 Å². The third-order valence-corrected chi connectivity index (χ3v) is 2.38. The van der Waals surface area contributed by atoms with E-state index >= 15 is 0 Å². The highest BCUT2D eigenvalue weighted by Crippen LogP contribution is 2.01. The zero-order chi connectivity index (χ0) is 10.2. The maximum Gasteiger partial charge on any atom is 0.236 e. The van der Waals surface area contributed by atoms with Crippen molar-refractivity contribution in [2.45, 2.75) is 25.7 Å². The quantitative estimate of drug-likeness (QED) is 0.665. The third kappa shape index (κ3) is 3.75. The molecule has 1 saturated heterocycles. The molecule has 4 nitrogen and oxygen atoms in total. The molecule has 1 amide bonds. The number of hydrogen-bond acceptors (Lipinski definition) is 3. The Morgan fingerprint density at radius 1 is 1.50 bits per heavy atom. The Balaban J connectivity index is 2.20. The van der Waals surface area contributed by atoms with Gasteiger partial charge in [0.1, 0.15) is 0 Å². The van der Waals surface area contributed by atoms with Gasteiger partial charge in [0, 0.05) is 19.5 Å². The zero-order valence-electron chi connectivity index (χ0n) is 8.46. The first-order chi connectivity index (χ1) is 6.84. The summed E-state index contributed by atoms with van der Waals surface area (Å²) >= 11 is 0. The van der Waals surface area contributed by atoms with Gasteiger partial charge < -0.3 is 10.2 Å². The number of hydrogen-bond donors (Lipinski definition) is 1. The molecule has 1 rings (SSSR count). The monoisotopic (exact) mass is 195 g/mol. The van der Waals surface area contributed by atoms with E-state index in [-0.39, 0.29) is 5.91 Å². The Kier molecular flexibility index (Phi) is 5.02. The highest BCUT2D eigenvalue weighted by atomic mass is 16.2. The Labute approximate surface area is 84.9 Å². The van der Waals surface area contributed by atoms with Crippen LogP contribution in [0.3, 0.4) is 0 Å². The lowest BCUT2D eigenvalue weighted by atomic mass is 10.2. The fourth-order valence-electron chi connectivity index (χ4n) is 1.57. The van der Waals surface area contributed by atoms with Crippen molar-refractivity contribution < 1.29 is 4.79 Å². The lowest BCUT2D eigenvalue weighted by Crippen LogP contribution is -2.35. The molecule has 0 saturated carbocycles. The maximum atomic E-state index is 11.5. The molecule has 1 aliphatic heterocycles. The van der Waals surface area contributed by atoms with Crippen molar-refractivity contribution in [2.24, 2.45) is 0 Å². The zero-order valence-corrected chi connectivity index (χ0v) is 8.46. The van der Waals surface area contributed by atoms with Crippen LogP contribution in [0.4, 0.5) is 0 Å². The van der Waals surface area contributed by atoms with Gasteiger partial charge in [-0.2, -0.15) is 5.26 Å². The summed E-state index contributed by atoms with van der Waals surface area (Å²) in [6.45, 7) is 3.07. The van der Waals surface area contributed by atoms with Gasteiger partial charge in [0.25, 0.3) is 0 Å². The van der Waals surface area contributed by atoms with Crippen molar-refractivity contribution in [1.82, 2.24) is 10.2 Å². The Hall–Kier alpha value is -1.08. The lowest BCUT2D eigenvalue weighted by Gasteiger charge is -2.19. The third-order valence-electron chi connectivity index (χ3n) is 2.38. The second kappa shape index (κ2) is 6.39. The summed E-state index contributed by atoms with van der Waals surface area (Å²) in [7, 11) is 0. The van der Waals surface area contributed by atoms with Crippen molar-refractivity contribution >= 4 is 5.91 Å². The molecular formula is C10H17N3O. The molecule has 1 fully saturated rings. The predicted octanol–water partition coefficient (Wildman–Crippen LogP) is 0.502. The van der Waals surface area contributed by atoms with E-state index in [0.29, 0.717) is 13.0 Å². The van der Waals surface area contributed by atoms with Crippen LogP contribution in [0.5, 0.6) is 0 Å². The summed E-state index contributed by atoms with van der Waals surface area (Å²) in [5, 5.41) is 11.4. The van der Waals surface area contributed by atoms with Crippen LogP contribution in [-0.4, -0.2) is 37.0 Å². The van der Waals surface area contributed by atoms with E-state index in [4.69, 9.17) is 5.26 Å². The average Bonchev–Trinajstić information content (AvgIpc) is 2.39. The second-order valence-electron chi connectivity index (χ2n) is 3.53. The van der Waals surface area contributed by atoms with Gasteiger partial charge in [-0.25, -0.2) is 0 Å². The molecule has 0 unspecified atom stereocenters. The first-order valence-corrected chi connectivity index (χ1v) is 5.20. The predicted molar refractivity (Wildman–Crippen MR) is 53.5 cm³/mol. The summed E-state index contributed by atoms with van der Waals surface area (Å²) in [6, 6.07) is 2.11. The van der Waals surface area contributed by atoms with Crippen molar-refractivity contribution in [1.29, 1.82) is 5.26 Å². The van der Waals surface area contributed by atoms with Crippen LogP contribution in [-0.2, 0) is 4.79 Å². The summed E-state index contributed by atoms with van der Waals surface area (Å²) in [5.41, 5.74) is 0. The van der Waals surface area contributed by atoms with Crippen LogP contribution in [0.1, 0.15) is 25.7 Å². The average molecular weight is 195 g/mol. The molecule has 0 radical (unpaired) electrons. The van der Waals surface area contributed by atoms with Crippen LogP contribution in [0.25, 0.3) is 0 Å². The van der Waals surface area contributed by atoms with Gasteiger partial charge in [0.05, 0.1) is 12.6 Å². The summed E-state index contributed by atoms with van der Waals surface area (Å²) < 4.78 is 0. The maximum absolute atomic E-state index is 11.5. The molecule has 78 valence electrons. The van der Waals surface area contributed by atoms with E-state index in [1.54, 1.807) is 0 Å². The topological polar surface area (TPSA) is 56.1 Å². The van der Waals surface area contributed by atoms with Gasteiger partial charge in [-0.15, -0.1) is 0 Å². The van der Waals surface area contributed by atoms with Crippen LogP contribution < -0.4 is 5.32 Å². The van der Waals surface area contributed by atoms with Crippen molar-refractivity contribution in [2.75, 3.05) is 26.2 Å². The Morgan fingerprint density at radius 2 is 2.36 bits per heavy atom. The van der Waals surface area contributed by atoms with E-state index in [9.17, 15) is 4.79 Å². The molecule has 1 heterocycles. The van der Waals surface area contributed by atoms with Crippen LogP contribution >= 0.6 is 0 Å². The largest absolute Gasteiger partial charge is 0.342 e. The minimum absolute atomic E-state index is 0.194. The highest BCUT2D eigenvalue weighted by Gasteiger charge is 2.14. The van der Waals surface area contributed by atoms with Gasteiger partial charge in [-0.3, -0.25) is 4.79 Å². The number of rotatable bonds is 4. The molecule has 4 heteroatoms. The van der Waals surface area contributed by atoms with Crippen LogP contribution in [0.15, 0.2) is 0 Å². The number of nitrogens with zero attached hydrogens (tertiary/aromatic N) is 2. The SMILES string of the molecule is N#CCCCCN1CCCNCC1=O. The smallest absolute Gasteiger partial charge is 0.236 e. The van der Waals surface area contributed by atoms with Crippen LogP contribution in [0, 0.1) is 11.3 Å². The molecule has 1 aliphatic rings. The standard InChI is InChI=1S/C10H17N3O/c11-5-2-1-3-7-13-8-4-6-12-9-10(13)14/h12H,1-4,6-9H2. The van der Waals surface area contributed by atoms with E-state index in [2.05, 4.69) is 11.4 Å². The van der Waals surface area contributed by atoms with Crippen molar-refractivity contribution in [3.8, 4) is 6.07 Å². The summed E-state index contributed by atoms with van der Waals surface area (Å²) in [6.07, 6.45) is 3.47. The highest BCUT2D eigenvalue weighted by molar-refractivity contribution is 5.78.